The number of urea groups is 1. The Hall–Kier alpha value is -4.07. The maximum atomic E-state index is 13.3. The van der Waals surface area contributed by atoms with Crippen LogP contribution < -0.4 is 14.8 Å². The lowest BCUT2D eigenvalue weighted by molar-refractivity contribution is -0.132. The third-order valence-electron chi connectivity index (χ3n) is 6.85. The number of hydrogen-bond donors (Lipinski definition) is 1. The summed E-state index contributed by atoms with van der Waals surface area (Å²) in [5, 5.41) is 3.27. The van der Waals surface area contributed by atoms with E-state index in [0.29, 0.717) is 24.7 Å². The van der Waals surface area contributed by atoms with E-state index in [9.17, 15) is 14.4 Å². The van der Waals surface area contributed by atoms with Crippen LogP contribution in [-0.4, -0.2) is 47.1 Å². The lowest BCUT2D eigenvalue weighted by atomic mass is 9.93. The predicted molar refractivity (Wildman–Crippen MR) is 136 cm³/mol. The zero-order chi connectivity index (χ0) is 25.1. The number of hydrogen-bond acceptors (Lipinski definition) is 5. The number of ether oxygens (including phenoxy) is 2. The number of imide groups is 2. The van der Waals surface area contributed by atoms with E-state index in [-0.39, 0.29) is 11.6 Å². The Labute approximate surface area is 209 Å². The number of para-hydroxylation sites is 3. The molecule has 0 unspecified atom stereocenters. The Kier molecular flexibility index (Phi) is 6.75. The Bertz CT molecular complexity index is 1340. The van der Waals surface area contributed by atoms with Crippen LogP contribution in [0.25, 0.3) is 17.0 Å². The first-order valence-electron chi connectivity index (χ1n) is 12.3. The van der Waals surface area contributed by atoms with Crippen molar-refractivity contribution in [1.29, 1.82) is 0 Å². The maximum Gasteiger partial charge on any atom is 0.331 e. The summed E-state index contributed by atoms with van der Waals surface area (Å²) in [7, 11) is 1.60. The van der Waals surface area contributed by atoms with Crippen LogP contribution in [0, 0.1) is 0 Å². The zero-order valence-corrected chi connectivity index (χ0v) is 20.2. The normalized spacial score (nSPS) is 18.1. The number of fused-ring (bicyclic) bond motifs is 1. The number of nitrogens with one attached hydrogen (secondary N) is 1. The van der Waals surface area contributed by atoms with E-state index in [0.717, 1.165) is 48.6 Å². The van der Waals surface area contributed by atoms with Crippen molar-refractivity contribution in [2.24, 2.45) is 0 Å². The maximum absolute atomic E-state index is 13.3. The van der Waals surface area contributed by atoms with Gasteiger partial charge < -0.3 is 14.0 Å². The monoisotopic (exact) mass is 487 g/mol. The molecule has 5 rings (SSSR count). The molecular formula is C28H29N3O5. The second kappa shape index (κ2) is 10.3. The minimum atomic E-state index is -0.659. The number of benzene rings is 2. The van der Waals surface area contributed by atoms with Crippen LogP contribution in [0.1, 0.15) is 37.7 Å². The van der Waals surface area contributed by atoms with E-state index < -0.39 is 17.8 Å². The molecule has 1 N–H and O–H groups in total. The quantitative estimate of drug-likeness (QED) is 0.391. The molecule has 8 nitrogen and oxygen atoms in total. The molecule has 2 aliphatic rings. The molecule has 1 aromatic heterocycles. The minimum Gasteiger partial charge on any atom is -0.493 e. The third-order valence-corrected chi connectivity index (χ3v) is 6.85. The molecule has 2 aromatic carbocycles. The van der Waals surface area contributed by atoms with Gasteiger partial charge in [-0.05, 0) is 37.1 Å². The second-order valence-electron chi connectivity index (χ2n) is 9.08. The SMILES string of the molecule is COc1ccccc1OCCn1cc(C=C2C(=O)NC(=O)N(C3CCCCC3)C2=O)c2ccccc21. The second-order valence-corrected chi connectivity index (χ2v) is 9.08. The number of aromatic nitrogens is 1. The molecule has 1 aliphatic carbocycles. The van der Waals surface area contributed by atoms with E-state index in [1.54, 1.807) is 13.2 Å². The Morgan fingerprint density at radius 3 is 2.47 bits per heavy atom. The van der Waals surface area contributed by atoms with Crippen LogP contribution in [-0.2, 0) is 16.1 Å². The third kappa shape index (κ3) is 4.58. The van der Waals surface area contributed by atoms with Crippen molar-refractivity contribution in [3.8, 4) is 11.5 Å². The summed E-state index contributed by atoms with van der Waals surface area (Å²) in [6.45, 7) is 0.951. The van der Waals surface area contributed by atoms with E-state index in [1.165, 1.54) is 4.90 Å². The Morgan fingerprint density at radius 2 is 1.69 bits per heavy atom. The summed E-state index contributed by atoms with van der Waals surface area (Å²) in [5.74, 6) is 0.148. The number of nitrogens with zero attached hydrogens (tertiary/aromatic N) is 2. The van der Waals surface area contributed by atoms with E-state index in [2.05, 4.69) is 5.32 Å². The Balaban J connectivity index is 1.41. The number of rotatable bonds is 7. The Morgan fingerprint density at radius 1 is 0.972 bits per heavy atom. The van der Waals surface area contributed by atoms with Crippen LogP contribution in [0.4, 0.5) is 4.79 Å². The average molecular weight is 488 g/mol. The van der Waals surface area contributed by atoms with Gasteiger partial charge in [-0.1, -0.05) is 49.6 Å². The molecule has 0 spiro atoms. The number of amides is 4. The van der Waals surface area contributed by atoms with Gasteiger partial charge in [0.15, 0.2) is 11.5 Å². The van der Waals surface area contributed by atoms with Gasteiger partial charge in [-0.3, -0.25) is 19.8 Å². The number of barbiturate groups is 1. The van der Waals surface area contributed by atoms with E-state index in [4.69, 9.17) is 9.47 Å². The number of carbonyl (C=O) groups is 3. The van der Waals surface area contributed by atoms with Crippen molar-refractivity contribution in [1.82, 2.24) is 14.8 Å². The molecule has 1 aliphatic heterocycles. The molecule has 1 saturated carbocycles. The highest BCUT2D eigenvalue weighted by Gasteiger charge is 2.40. The predicted octanol–water partition coefficient (Wildman–Crippen LogP) is 4.52. The molecule has 2 heterocycles. The molecule has 1 saturated heterocycles. The molecule has 0 radical (unpaired) electrons. The molecule has 36 heavy (non-hydrogen) atoms. The van der Waals surface area contributed by atoms with Crippen molar-refractivity contribution in [2.45, 2.75) is 44.7 Å². The van der Waals surface area contributed by atoms with Crippen LogP contribution in [0.5, 0.6) is 11.5 Å². The lowest BCUT2D eigenvalue weighted by Gasteiger charge is -2.35. The van der Waals surface area contributed by atoms with Crippen LogP contribution >= 0.6 is 0 Å². The van der Waals surface area contributed by atoms with E-state index >= 15 is 0 Å². The van der Waals surface area contributed by atoms with Gasteiger partial charge in [0.05, 0.1) is 13.7 Å². The first kappa shape index (κ1) is 23.7. The molecule has 0 bridgehead atoms. The fourth-order valence-corrected chi connectivity index (χ4v) is 5.06. The molecule has 2 fully saturated rings. The number of carbonyl (C=O) groups excluding carboxylic acids is 3. The fraction of sp³-hybridized carbons (Fsp3) is 0.321. The summed E-state index contributed by atoms with van der Waals surface area (Å²) in [6, 6.07) is 14.5. The molecule has 8 heteroatoms. The molecule has 0 atom stereocenters. The summed E-state index contributed by atoms with van der Waals surface area (Å²) < 4.78 is 13.3. The van der Waals surface area contributed by atoms with Gasteiger partial charge in [0.25, 0.3) is 11.8 Å². The van der Waals surface area contributed by atoms with E-state index in [1.807, 2.05) is 59.3 Å². The van der Waals surface area contributed by atoms with Crippen LogP contribution in [0.2, 0.25) is 0 Å². The van der Waals surface area contributed by atoms with Gasteiger partial charge in [-0.2, -0.15) is 0 Å². The minimum absolute atomic E-state index is 0.0200. The van der Waals surface area contributed by atoms with Crippen molar-refractivity contribution in [2.75, 3.05) is 13.7 Å². The fourth-order valence-electron chi connectivity index (χ4n) is 5.06. The largest absolute Gasteiger partial charge is 0.493 e. The van der Waals surface area contributed by atoms with Crippen molar-refractivity contribution < 1.29 is 23.9 Å². The van der Waals surface area contributed by atoms with Gasteiger partial charge in [0.1, 0.15) is 12.2 Å². The lowest BCUT2D eigenvalue weighted by Crippen LogP contribution is -2.58. The van der Waals surface area contributed by atoms with Crippen LogP contribution in [0.15, 0.2) is 60.3 Å². The van der Waals surface area contributed by atoms with Crippen molar-refractivity contribution in [3.05, 3.63) is 65.9 Å². The molecule has 4 amide bonds. The van der Waals surface area contributed by atoms with Gasteiger partial charge in [-0.15, -0.1) is 0 Å². The van der Waals surface area contributed by atoms with Gasteiger partial charge in [-0.25, -0.2) is 4.79 Å². The van der Waals surface area contributed by atoms with Gasteiger partial charge in [0.2, 0.25) is 0 Å². The van der Waals surface area contributed by atoms with Crippen molar-refractivity contribution in [3.63, 3.8) is 0 Å². The van der Waals surface area contributed by atoms with Gasteiger partial charge in [0, 0.05) is 28.7 Å². The summed E-state index contributed by atoms with van der Waals surface area (Å²) in [4.78, 5) is 39.8. The topological polar surface area (TPSA) is 89.9 Å². The zero-order valence-electron chi connectivity index (χ0n) is 20.2. The van der Waals surface area contributed by atoms with Crippen molar-refractivity contribution >= 4 is 34.8 Å². The number of methoxy groups -OCH3 is 1. The summed E-state index contributed by atoms with van der Waals surface area (Å²) in [6.07, 6.45) is 8.09. The highest BCUT2D eigenvalue weighted by molar-refractivity contribution is 6.31. The smallest absolute Gasteiger partial charge is 0.331 e. The standard InChI is InChI=1S/C28H29N3O5/c1-35-24-13-7-8-14-25(24)36-16-15-30-18-19(21-11-5-6-12-23(21)30)17-22-26(32)29-28(34)31(27(22)33)20-9-3-2-4-10-20/h5-8,11-14,17-18,20H,2-4,9-10,15-16H2,1H3,(H,29,32,34). The van der Waals surface area contributed by atoms with Gasteiger partial charge >= 0.3 is 6.03 Å². The highest BCUT2D eigenvalue weighted by Crippen LogP contribution is 2.29. The molecule has 186 valence electrons. The first-order valence-corrected chi connectivity index (χ1v) is 12.3. The molecular weight excluding hydrogens is 458 g/mol. The molecule has 3 aromatic rings. The highest BCUT2D eigenvalue weighted by atomic mass is 16.5. The average Bonchev–Trinajstić information content (AvgIpc) is 3.24. The van der Waals surface area contributed by atoms with Crippen LogP contribution in [0.3, 0.4) is 0 Å². The summed E-state index contributed by atoms with van der Waals surface area (Å²) in [5.41, 5.74) is 1.67. The summed E-state index contributed by atoms with van der Waals surface area (Å²) >= 11 is 0. The first-order chi connectivity index (χ1) is 17.6.